The zero-order valence-electron chi connectivity index (χ0n) is 28.5. The van der Waals surface area contributed by atoms with Crippen LogP contribution >= 0.6 is 0 Å². The van der Waals surface area contributed by atoms with Crippen LogP contribution in [0.5, 0.6) is 0 Å². The van der Waals surface area contributed by atoms with Gasteiger partial charge in [-0.15, -0.1) is 0 Å². The lowest BCUT2D eigenvalue weighted by atomic mass is 9.98. The van der Waals surface area contributed by atoms with Crippen LogP contribution in [0.2, 0.25) is 0 Å². The summed E-state index contributed by atoms with van der Waals surface area (Å²) in [5.74, 6) is 0. The number of rotatable bonds is 6. The van der Waals surface area contributed by atoms with Gasteiger partial charge in [-0.25, -0.2) is 0 Å². The molecule has 0 amide bonds. The third kappa shape index (κ3) is 5.04. The first-order valence-electron chi connectivity index (χ1n) is 17.9. The van der Waals surface area contributed by atoms with Crippen LogP contribution in [-0.2, 0) is 0 Å². The number of hydrogen-bond donors (Lipinski definition) is 0. The molecule has 0 fully saturated rings. The van der Waals surface area contributed by atoms with E-state index in [0.717, 1.165) is 22.7 Å². The van der Waals surface area contributed by atoms with E-state index < -0.39 is 0 Å². The van der Waals surface area contributed by atoms with Crippen LogP contribution in [0.4, 0.5) is 17.1 Å². The second-order valence-electron chi connectivity index (χ2n) is 13.4. The van der Waals surface area contributed by atoms with Crippen molar-refractivity contribution in [2.75, 3.05) is 4.90 Å². The van der Waals surface area contributed by atoms with Crippen molar-refractivity contribution in [3.8, 4) is 27.9 Å². The first-order chi connectivity index (χ1) is 25.8. The molecule has 1 aromatic heterocycles. The fourth-order valence-electron chi connectivity index (χ4n) is 7.90. The minimum absolute atomic E-state index is 1.10. The van der Waals surface area contributed by atoms with Crippen molar-refractivity contribution in [2.24, 2.45) is 0 Å². The smallest absolute Gasteiger partial charge is 0.0547 e. The zero-order chi connectivity index (χ0) is 34.4. The first-order valence-corrected chi connectivity index (χ1v) is 17.9. The minimum atomic E-state index is 1.10. The van der Waals surface area contributed by atoms with Crippen molar-refractivity contribution >= 4 is 60.4 Å². The second-order valence-corrected chi connectivity index (χ2v) is 13.4. The van der Waals surface area contributed by atoms with Gasteiger partial charge in [-0.1, -0.05) is 146 Å². The predicted molar refractivity (Wildman–Crippen MR) is 221 cm³/mol. The van der Waals surface area contributed by atoms with Gasteiger partial charge < -0.3 is 9.47 Å². The van der Waals surface area contributed by atoms with Crippen molar-refractivity contribution in [1.82, 2.24) is 4.57 Å². The number of fused-ring (bicyclic) bond motifs is 6. The maximum Gasteiger partial charge on any atom is 0.0547 e. The Morgan fingerprint density at radius 2 is 0.865 bits per heavy atom. The van der Waals surface area contributed by atoms with Crippen LogP contribution in [0.15, 0.2) is 206 Å². The highest BCUT2D eigenvalue weighted by Gasteiger charge is 2.19. The molecule has 0 aliphatic rings. The molecular formula is C50H34N2. The number of nitrogens with zero attached hydrogens (tertiary/aromatic N) is 2. The van der Waals surface area contributed by atoms with E-state index in [1.165, 1.54) is 65.6 Å². The molecule has 244 valence electrons. The number of para-hydroxylation sites is 1. The summed E-state index contributed by atoms with van der Waals surface area (Å²) in [4.78, 5) is 2.41. The monoisotopic (exact) mass is 662 g/mol. The van der Waals surface area contributed by atoms with E-state index in [1.807, 2.05) is 0 Å². The molecule has 0 aliphatic heterocycles. The molecule has 0 aliphatic carbocycles. The maximum absolute atomic E-state index is 2.41. The van der Waals surface area contributed by atoms with Gasteiger partial charge in [-0.2, -0.15) is 0 Å². The molecule has 0 saturated heterocycles. The zero-order valence-corrected chi connectivity index (χ0v) is 28.5. The second kappa shape index (κ2) is 12.5. The molecule has 0 radical (unpaired) electrons. The van der Waals surface area contributed by atoms with Gasteiger partial charge in [0.05, 0.1) is 16.7 Å². The van der Waals surface area contributed by atoms with Crippen molar-refractivity contribution < 1.29 is 0 Å². The van der Waals surface area contributed by atoms with Gasteiger partial charge in [0.2, 0.25) is 0 Å². The molecule has 0 N–H and O–H groups in total. The quantitative estimate of drug-likeness (QED) is 0.172. The van der Waals surface area contributed by atoms with Crippen LogP contribution in [0, 0.1) is 0 Å². The Labute approximate surface area is 303 Å². The summed E-state index contributed by atoms with van der Waals surface area (Å²) >= 11 is 0. The Bertz CT molecular complexity index is 2870. The van der Waals surface area contributed by atoms with Gasteiger partial charge in [0.15, 0.2) is 0 Å². The fourth-order valence-corrected chi connectivity index (χ4v) is 7.90. The molecule has 0 atom stereocenters. The average molecular weight is 663 g/mol. The van der Waals surface area contributed by atoms with Gasteiger partial charge in [-0.05, 0) is 99.1 Å². The fraction of sp³-hybridized carbons (Fsp3) is 0. The Kier molecular flexibility index (Phi) is 7.18. The molecule has 0 saturated carbocycles. The van der Waals surface area contributed by atoms with Gasteiger partial charge in [0.25, 0.3) is 0 Å². The molecule has 2 nitrogen and oxygen atoms in total. The Hall–Kier alpha value is -6.90. The highest BCUT2D eigenvalue weighted by Crippen LogP contribution is 2.43. The van der Waals surface area contributed by atoms with E-state index in [1.54, 1.807) is 0 Å². The summed E-state index contributed by atoms with van der Waals surface area (Å²) < 4.78 is 2.41. The normalized spacial score (nSPS) is 11.5. The molecule has 52 heavy (non-hydrogen) atoms. The number of hydrogen-bond acceptors (Lipinski definition) is 1. The third-order valence-electron chi connectivity index (χ3n) is 10.3. The van der Waals surface area contributed by atoms with Crippen molar-refractivity contribution in [1.29, 1.82) is 0 Å². The molecule has 0 spiro atoms. The maximum atomic E-state index is 2.41. The highest BCUT2D eigenvalue weighted by molar-refractivity contribution is 6.21. The van der Waals surface area contributed by atoms with Crippen LogP contribution in [0.1, 0.15) is 0 Å². The number of anilines is 3. The van der Waals surface area contributed by atoms with Crippen LogP contribution in [0.3, 0.4) is 0 Å². The van der Waals surface area contributed by atoms with Crippen molar-refractivity contribution in [3.63, 3.8) is 0 Å². The number of aromatic nitrogens is 1. The minimum Gasteiger partial charge on any atom is -0.310 e. The summed E-state index contributed by atoms with van der Waals surface area (Å²) in [6.07, 6.45) is 0. The van der Waals surface area contributed by atoms with E-state index >= 15 is 0 Å². The largest absolute Gasteiger partial charge is 0.310 e. The molecule has 0 bridgehead atoms. The molecule has 9 aromatic carbocycles. The molecule has 1 heterocycles. The van der Waals surface area contributed by atoms with E-state index in [-0.39, 0.29) is 0 Å². The lowest BCUT2D eigenvalue weighted by Gasteiger charge is -2.28. The number of benzene rings is 9. The molecule has 0 unspecified atom stereocenters. The molecule has 2 heteroatoms. The lowest BCUT2D eigenvalue weighted by molar-refractivity contribution is 1.17. The summed E-state index contributed by atoms with van der Waals surface area (Å²) in [5, 5.41) is 7.50. The predicted octanol–water partition coefficient (Wildman–Crippen LogP) is 13.9. The van der Waals surface area contributed by atoms with Gasteiger partial charge in [-0.3, -0.25) is 0 Å². The topological polar surface area (TPSA) is 8.17 Å². The average Bonchev–Trinajstić information content (AvgIpc) is 3.57. The SMILES string of the molecule is c1ccc(-c2ccc(N(c3ccc(-n4c5ccccc5c5c6ccccc6ccc54)cc3)c3cc(-c4ccccc4)cc4ccccc34)cc2)cc1. The van der Waals surface area contributed by atoms with Crippen molar-refractivity contribution in [2.45, 2.75) is 0 Å². The molecule has 10 aromatic rings. The van der Waals surface area contributed by atoms with Gasteiger partial charge >= 0.3 is 0 Å². The van der Waals surface area contributed by atoms with Crippen LogP contribution in [-0.4, -0.2) is 4.57 Å². The summed E-state index contributed by atoms with van der Waals surface area (Å²) in [7, 11) is 0. The molecule has 10 rings (SSSR count). The van der Waals surface area contributed by atoms with E-state index in [0.29, 0.717) is 0 Å². The van der Waals surface area contributed by atoms with Crippen molar-refractivity contribution in [3.05, 3.63) is 206 Å². The summed E-state index contributed by atoms with van der Waals surface area (Å²) in [5.41, 5.74) is 11.7. The van der Waals surface area contributed by atoms with Gasteiger partial charge in [0, 0.05) is 33.2 Å². The summed E-state index contributed by atoms with van der Waals surface area (Å²) in [6, 6.07) is 74.7. The molecular weight excluding hydrogens is 629 g/mol. The lowest BCUT2D eigenvalue weighted by Crippen LogP contribution is -2.11. The summed E-state index contributed by atoms with van der Waals surface area (Å²) in [6.45, 7) is 0. The third-order valence-corrected chi connectivity index (χ3v) is 10.3. The van der Waals surface area contributed by atoms with E-state index in [4.69, 9.17) is 0 Å². The van der Waals surface area contributed by atoms with E-state index in [2.05, 4.69) is 216 Å². The van der Waals surface area contributed by atoms with Gasteiger partial charge in [0.1, 0.15) is 0 Å². The Morgan fingerprint density at radius 1 is 0.327 bits per heavy atom. The first kappa shape index (κ1) is 30.0. The highest BCUT2D eigenvalue weighted by atomic mass is 15.1. The Morgan fingerprint density at radius 3 is 1.58 bits per heavy atom. The van der Waals surface area contributed by atoms with Crippen LogP contribution < -0.4 is 4.90 Å². The van der Waals surface area contributed by atoms with Crippen LogP contribution in [0.25, 0.3) is 71.3 Å². The van der Waals surface area contributed by atoms with E-state index in [9.17, 15) is 0 Å². The Balaban J connectivity index is 1.17. The standard InChI is InChI=1S/C50H34N2/c1-3-13-35(14-4-1)37-23-26-41(27-24-37)51(49-34-40(36-15-5-2-6-16-36)33-39-18-8-9-19-44(39)49)42-28-30-43(31-29-42)52-47-22-12-11-21-46(47)50-45-20-10-7-17-38(45)25-32-48(50)52/h1-34H.